The lowest BCUT2D eigenvalue weighted by Crippen LogP contribution is -2.36. The van der Waals surface area contributed by atoms with E-state index < -0.39 is 0 Å². The number of Topliss-reactive ketones (excluding diaryl/α,β-unsaturated/α-hetero) is 1. The van der Waals surface area contributed by atoms with Crippen molar-refractivity contribution in [1.29, 1.82) is 0 Å². The molecule has 3 nitrogen and oxygen atoms in total. The van der Waals surface area contributed by atoms with Gasteiger partial charge in [0, 0.05) is 18.7 Å². The number of nitrogens with zero attached hydrogens (tertiary/aromatic N) is 1. The van der Waals surface area contributed by atoms with E-state index in [1.807, 2.05) is 50.1 Å². The second-order valence-corrected chi connectivity index (χ2v) is 4.51. The number of carbonyl (C=O) groups is 1. The van der Waals surface area contributed by atoms with Gasteiger partial charge in [0.1, 0.15) is 0 Å². The van der Waals surface area contributed by atoms with Crippen molar-refractivity contribution in [2.75, 3.05) is 27.3 Å². The number of hydrogen-bond acceptors (Lipinski definition) is 3. The highest BCUT2D eigenvalue weighted by Crippen LogP contribution is 2.06. The maximum absolute atomic E-state index is 12.0. The van der Waals surface area contributed by atoms with Crippen LogP contribution in [0.25, 0.3) is 0 Å². The van der Waals surface area contributed by atoms with Crippen LogP contribution >= 0.6 is 0 Å². The molecule has 3 heteroatoms. The van der Waals surface area contributed by atoms with Crippen LogP contribution in [0.3, 0.4) is 0 Å². The van der Waals surface area contributed by atoms with Gasteiger partial charge >= 0.3 is 0 Å². The summed E-state index contributed by atoms with van der Waals surface area (Å²) in [5.74, 6) is 0.149. The average molecular weight is 235 g/mol. The third-order valence-electron chi connectivity index (χ3n) is 2.93. The van der Waals surface area contributed by atoms with E-state index in [0.29, 0.717) is 13.2 Å². The Morgan fingerprint density at radius 1 is 1.35 bits per heavy atom. The zero-order valence-corrected chi connectivity index (χ0v) is 11.1. The normalized spacial score (nSPS) is 12.8. The fourth-order valence-corrected chi connectivity index (χ4v) is 1.58. The van der Waals surface area contributed by atoms with Gasteiger partial charge in [-0.15, -0.1) is 0 Å². The summed E-state index contributed by atoms with van der Waals surface area (Å²) in [6.07, 6.45) is 0. The molecule has 1 atom stereocenters. The minimum atomic E-state index is 0.149. The van der Waals surface area contributed by atoms with E-state index in [1.165, 1.54) is 5.56 Å². The summed E-state index contributed by atoms with van der Waals surface area (Å²) in [5.41, 5.74) is 1.94. The standard InChI is InChI=1S/C14H21NO2/c1-11-5-7-13(8-6-11)14(16)9-15(3)12(2)10-17-4/h5-8,12H,9-10H2,1-4H3. The lowest BCUT2D eigenvalue weighted by molar-refractivity contribution is 0.0841. The van der Waals surface area contributed by atoms with Crippen LogP contribution in [0.4, 0.5) is 0 Å². The fraction of sp³-hybridized carbons (Fsp3) is 0.500. The van der Waals surface area contributed by atoms with Crippen molar-refractivity contribution in [1.82, 2.24) is 4.90 Å². The molecule has 0 aliphatic carbocycles. The molecule has 0 aromatic heterocycles. The zero-order valence-electron chi connectivity index (χ0n) is 11.1. The number of carbonyl (C=O) groups excluding carboxylic acids is 1. The first kappa shape index (κ1) is 13.9. The molecule has 0 saturated heterocycles. The molecule has 0 heterocycles. The third-order valence-corrected chi connectivity index (χ3v) is 2.93. The van der Waals surface area contributed by atoms with Gasteiger partial charge in [0.2, 0.25) is 0 Å². The number of ketones is 1. The Morgan fingerprint density at radius 3 is 2.47 bits per heavy atom. The van der Waals surface area contributed by atoms with Gasteiger partial charge in [-0.2, -0.15) is 0 Å². The second-order valence-electron chi connectivity index (χ2n) is 4.51. The number of aryl methyl sites for hydroxylation is 1. The van der Waals surface area contributed by atoms with E-state index in [2.05, 4.69) is 0 Å². The molecule has 0 N–H and O–H groups in total. The van der Waals surface area contributed by atoms with Crippen LogP contribution in [-0.4, -0.2) is 44.0 Å². The Hall–Kier alpha value is -1.19. The number of hydrogen-bond donors (Lipinski definition) is 0. The molecule has 17 heavy (non-hydrogen) atoms. The summed E-state index contributed by atoms with van der Waals surface area (Å²) >= 11 is 0. The lowest BCUT2D eigenvalue weighted by atomic mass is 10.1. The van der Waals surface area contributed by atoms with Gasteiger partial charge in [-0.05, 0) is 20.9 Å². The van der Waals surface area contributed by atoms with Gasteiger partial charge in [0.25, 0.3) is 0 Å². The van der Waals surface area contributed by atoms with Crippen molar-refractivity contribution >= 4 is 5.78 Å². The van der Waals surface area contributed by atoms with Gasteiger partial charge in [-0.1, -0.05) is 29.8 Å². The third kappa shape index (κ3) is 4.29. The molecule has 1 unspecified atom stereocenters. The van der Waals surface area contributed by atoms with Crippen molar-refractivity contribution in [3.63, 3.8) is 0 Å². The quantitative estimate of drug-likeness (QED) is 0.708. The predicted octanol–water partition coefficient (Wildman–Crippen LogP) is 2.14. The lowest BCUT2D eigenvalue weighted by Gasteiger charge is -2.23. The molecule has 0 fully saturated rings. The first-order chi connectivity index (χ1) is 8.04. The molecule has 1 rings (SSSR count). The molecule has 1 aromatic carbocycles. The highest BCUT2D eigenvalue weighted by Gasteiger charge is 2.13. The summed E-state index contributed by atoms with van der Waals surface area (Å²) in [7, 11) is 3.61. The van der Waals surface area contributed by atoms with E-state index in [0.717, 1.165) is 5.56 Å². The van der Waals surface area contributed by atoms with Gasteiger partial charge in [0.15, 0.2) is 5.78 Å². The Morgan fingerprint density at radius 2 is 1.94 bits per heavy atom. The molecule has 0 aliphatic heterocycles. The van der Waals surface area contributed by atoms with E-state index in [-0.39, 0.29) is 11.8 Å². The monoisotopic (exact) mass is 235 g/mol. The summed E-state index contributed by atoms with van der Waals surface area (Å²) in [5, 5.41) is 0. The van der Waals surface area contributed by atoms with Crippen LogP contribution in [0.1, 0.15) is 22.8 Å². The van der Waals surface area contributed by atoms with Crippen molar-refractivity contribution in [2.24, 2.45) is 0 Å². The summed E-state index contributed by atoms with van der Waals surface area (Å²) in [4.78, 5) is 14.0. The van der Waals surface area contributed by atoms with Crippen molar-refractivity contribution in [2.45, 2.75) is 19.9 Å². The minimum absolute atomic E-state index is 0.149. The first-order valence-electron chi connectivity index (χ1n) is 5.83. The number of methoxy groups -OCH3 is 1. The highest BCUT2D eigenvalue weighted by molar-refractivity contribution is 5.97. The molecule has 0 radical (unpaired) electrons. The van der Waals surface area contributed by atoms with Crippen molar-refractivity contribution in [3.05, 3.63) is 35.4 Å². The largest absolute Gasteiger partial charge is 0.383 e. The predicted molar refractivity (Wildman–Crippen MR) is 69.5 cm³/mol. The highest BCUT2D eigenvalue weighted by atomic mass is 16.5. The SMILES string of the molecule is COCC(C)N(C)CC(=O)c1ccc(C)cc1. The molecule has 0 spiro atoms. The van der Waals surface area contributed by atoms with Crippen LogP contribution in [0.15, 0.2) is 24.3 Å². The molecule has 0 bridgehead atoms. The molecule has 1 aromatic rings. The average Bonchev–Trinajstić information content (AvgIpc) is 2.30. The van der Waals surface area contributed by atoms with E-state index >= 15 is 0 Å². The number of rotatable bonds is 6. The van der Waals surface area contributed by atoms with Crippen LogP contribution in [-0.2, 0) is 4.74 Å². The number of likely N-dealkylation sites (N-methyl/N-ethyl adjacent to an activating group) is 1. The van der Waals surface area contributed by atoms with Crippen LogP contribution in [0.5, 0.6) is 0 Å². The Labute approximate surface area is 103 Å². The zero-order chi connectivity index (χ0) is 12.8. The van der Waals surface area contributed by atoms with E-state index in [9.17, 15) is 4.79 Å². The second kappa shape index (κ2) is 6.52. The molecule has 0 amide bonds. The van der Waals surface area contributed by atoms with E-state index in [4.69, 9.17) is 4.74 Å². The molecular formula is C14H21NO2. The van der Waals surface area contributed by atoms with E-state index in [1.54, 1.807) is 7.11 Å². The Bertz CT molecular complexity index is 359. The van der Waals surface area contributed by atoms with Crippen molar-refractivity contribution in [3.8, 4) is 0 Å². The fourth-order valence-electron chi connectivity index (χ4n) is 1.58. The van der Waals surface area contributed by atoms with Crippen LogP contribution in [0.2, 0.25) is 0 Å². The maximum Gasteiger partial charge on any atom is 0.176 e. The summed E-state index contributed by atoms with van der Waals surface area (Å²) in [6, 6.07) is 7.94. The molecule has 0 aliphatic rings. The van der Waals surface area contributed by atoms with Crippen molar-refractivity contribution < 1.29 is 9.53 Å². The van der Waals surface area contributed by atoms with Crippen LogP contribution < -0.4 is 0 Å². The minimum Gasteiger partial charge on any atom is -0.383 e. The summed E-state index contributed by atoms with van der Waals surface area (Å²) < 4.78 is 5.07. The number of benzene rings is 1. The van der Waals surface area contributed by atoms with Gasteiger partial charge < -0.3 is 4.74 Å². The smallest absolute Gasteiger partial charge is 0.176 e. The Kier molecular flexibility index (Phi) is 5.32. The van der Waals surface area contributed by atoms with Crippen LogP contribution in [0, 0.1) is 6.92 Å². The maximum atomic E-state index is 12.0. The van der Waals surface area contributed by atoms with Gasteiger partial charge in [-0.3, -0.25) is 9.69 Å². The van der Waals surface area contributed by atoms with Gasteiger partial charge in [0.05, 0.1) is 13.2 Å². The first-order valence-corrected chi connectivity index (χ1v) is 5.83. The molecule has 0 saturated carbocycles. The topological polar surface area (TPSA) is 29.5 Å². The molecule has 94 valence electrons. The molecular weight excluding hydrogens is 214 g/mol. The Balaban J connectivity index is 2.57. The van der Waals surface area contributed by atoms with Gasteiger partial charge in [-0.25, -0.2) is 0 Å². The summed E-state index contributed by atoms with van der Waals surface area (Å²) in [6.45, 7) is 5.12. The number of ether oxygens (including phenoxy) is 1.